The highest BCUT2D eigenvalue weighted by Gasteiger charge is 2.08. The fourth-order valence-corrected chi connectivity index (χ4v) is 2.08. The monoisotopic (exact) mass is 321 g/mol. The smallest absolute Gasteiger partial charge is 0.255 e. The van der Waals surface area contributed by atoms with Crippen molar-refractivity contribution in [1.82, 2.24) is 0 Å². The van der Waals surface area contributed by atoms with Crippen LogP contribution >= 0.6 is 15.9 Å². The van der Waals surface area contributed by atoms with Gasteiger partial charge in [0.15, 0.2) is 0 Å². The molecule has 0 saturated heterocycles. The van der Waals surface area contributed by atoms with Crippen LogP contribution in [0.1, 0.15) is 21.5 Å². The van der Waals surface area contributed by atoms with Gasteiger partial charge in [0.05, 0.1) is 0 Å². The minimum atomic E-state index is -0.308. The number of benzene rings is 2. The minimum absolute atomic E-state index is 0.198. The molecule has 0 atom stereocenters. The molecular formula is C15H13BrFNO. The molecule has 2 aromatic carbocycles. The van der Waals surface area contributed by atoms with Crippen molar-refractivity contribution in [2.45, 2.75) is 12.3 Å². The van der Waals surface area contributed by atoms with E-state index in [0.717, 1.165) is 10.9 Å². The van der Waals surface area contributed by atoms with Crippen molar-refractivity contribution in [3.8, 4) is 0 Å². The Hall–Kier alpha value is -1.68. The standard InChI is InChI=1S/C15H13BrFNO/c1-10-8-13(17)6-7-14(10)18-15(19)12-4-2-11(9-16)3-5-12/h2-8H,9H2,1H3,(H,18,19). The topological polar surface area (TPSA) is 29.1 Å². The summed E-state index contributed by atoms with van der Waals surface area (Å²) in [6, 6.07) is 11.6. The van der Waals surface area contributed by atoms with Crippen LogP contribution in [-0.2, 0) is 5.33 Å². The highest BCUT2D eigenvalue weighted by molar-refractivity contribution is 9.08. The van der Waals surface area contributed by atoms with E-state index in [1.807, 2.05) is 12.1 Å². The first-order chi connectivity index (χ1) is 9.10. The molecule has 0 aliphatic carbocycles. The number of nitrogens with one attached hydrogen (secondary N) is 1. The second kappa shape index (κ2) is 5.97. The zero-order valence-corrected chi connectivity index (χ0v) is 12.0. The number of hydrogen-bond acceptors (Lipinski definition) is 1. The Morgan fingerprint density at radius 3 is 2.47 bits per heavy atom. The van der Waals surface area contributed by atoms with Gasteiger partial charge >= 0.3 is 0 Å². The Bertz CT molecular complexity index is 596. The minimum Gasteiger partial charge on any atom is -0.322 e. The molecule has 19 heavy (non-hydrogen) atoms. The van der Waals surface area contributed by atoms with Crippen LogP contribution in [0.25, 0.3) is 0 Å². The van der Waals surface area contributed by atoms with Crippen LogP contribution in [0.4, 0.5) is 10.1 Å². The largest absolute Gasteiger partial charge is 0.322 e. The van der Waals surface area contributed by atoms with Crippen LogP contribution in [0, 0.1) is 12.7 Å². The average Bonchev–Trinajstić information content (AvgIpc) is 2.42. The Balaban J connectivity index is 2.15. The molecule has 0 unspecified atom stereocenters. The zero-order chi connectivity index (χ0) is 13.8. The van der Waals surface area contributed by atoms with Gasteiger partial charge in [-0.2, -0.15) is 0 Å². The molecule has 0 bridgehead atoms. The van der Waals surface area contributed by atoms with Gasteiger partial charge in [0.2, 0.25) is 0 Å². The van der Waals surface area contributed by atoms with Gasteiger partial charge in [0, 0.05) is 16.6 Å². The highest BCUT2D eigenvalue weighted by atomic mass is 79.9. The molecule has 2 nitrogen and oxygen atoms in total. The van der Waals surface area contributed by atoms with Gasteiger partial charge in [-0.25, -0.2) is 4.39 Å². The SMILES string of the molecule is Cc1cc(F)ccc1NC(=O)c1ccc(CBr)cc1. The molecule has 0 aliphatic heterocycles. The Morgan fingerprint density at radius 1 is 1.21 bits per heavy atom. The Morgan fingerprint density at radius 2 is 1.89 bits per heavy atom. The molecule has 2 rings (SSSR count). The second-order valence-corrected chi connectivity index (χ2v) is 4.80. The molecule has 0 saturated carbocycles. The third kappa shape index (κ3) is 3.41. The molecule has 0 fully saturated rings. The maximum absolute atomic E-state index is 13.0. The van der Waals surface area contributed by atoms with E-state index in [1.165, 1.54) is 12.1 Å². The fourth-order valence-electron chi connectivity index (χ4n) is 1.71. The zero-order valence-electron chi connectivity index (χ0n) is 10.4. The van der Waals surface area contributed by atoms with Crippen molar-refractivity contribution in [1.29, 1.82) is 0 Å². The van der Waals surface area contributed by atoms with Crippen LogP contribution in [-0.4, -0.2) is 5.91 Å². The van der Waals surface area contributed by atoms with Crippen LogP contribution in [0.15, 0.2) is 42.5 Å². The van der Waals surface area contributed by atoms with Gasteiger partial charge in [0.1, 0.15) is 5.82 Å². The lowest BCUT2D eigenvalue weighted by Crippen LogP contribution is -2.12. The first-order valence-corrected chi connectivity index (χ1v) is 6.94. The molecule has 0 heterocycles. The molecule has 1 amide bonds. The summed E-state index contributed by atoms with van der Waals surface area (Å²) >= 11 is 3.35. The molecule has 98 valence electrons. The molecule has 4 heteroatoms. The number of anilines is 1. The number of alkyl halides is 1. The van der Waals surface area contributed by atoms with E-state index >= 15 is 0 Å². The summed E-state index contributed by atoms with van der Waals surface area (Å²) in [5, 5.41) is 3.53. The third-order valence-electron chi connectivity index (χ3n) is 2.81. The number of rotatable bonds is 3. The van der Waals surface area contributed by atoms with Gasteiger partial charge in [-0.15, -0.1) is 0 Å². The molecule has 0 aliphatic rings. The number of carbonyl (C=O) groups excluding carboxylic acids is 1. The number of hydrogen-bond donors (Lipinski definition) is 1. The number of carbonyl (C=O) groups is 1. The van der Waals surface area contributed by atoms with Crippen molar-refractivity contribution in [3.63, 3.8) is 0 Å². The van der Waals surface area contributed by atoms with E-state index in [-0.39, 0.29) is 11.7 Å². The molecular weight excluding hydrogens is 309 g/mol. The predicted octanol–water partition coefficient (Wildman–Crippen LogP) is 4.28. The lowest BCUT2D eigenvalue weighted by atomic mass is 10.1. The summed E-state index contributed by atoms with van der Waals surface area (Å²) in [5.74, 6) is -0.506. The van der Waals surface area contributed by atoms with E-state index < -0.39 is 0 Å². The summed E-state index contributed by atoms with van der Waals surface area (Å²) in [7, 11) is 0. The third-order valence-corrected chi connectivity index (χ3v) is 3.45. The maximum Gasteiger partial charge on any atom is 0.255 e. The van der Waals surface area contributed by atoms with Crippen molar-refractivity contribution in [2.75, 3.05) is 5.32 Å². The van der Waals surface area contributed by atoms with Crippen LogP contribution in [0.3, 0.4) is 0 Å². The molecule has 0 radical (unpaired) electrons. The number of halogens is 2. The maximum atomic E-state index is 13.0. The molecule has 2 aromatic rings. The van der Waals surface area contributed by atoms with Gasteiger partial charge < -0.3 is 5.32 Å². The quantitative estimate of drug-likeness (QED) is 0.840. The van der Waals surface area contributed by atoms with E-state index in [4.69, 9.17) is 0 Å². The van der Waals surface area contributed by atoms with Crippen molar-refractivity contribution in [2.24, 2.45) is 0 Å². The lowest BCUT2D eigenvalue weighted by Gasteiger charge is -2.08. The van der Waals surface area contributed by atoms with E-state index in [1.54, 1.807) is 25.1 Å². The van der Waals surface area contributed by atoms with Crippen molar-refractivity contribution < 1.29 is 9.18 Å². The normalized spacial score (nSPS) is 10.3. The summed E-state index contributed by atoms with van der Waals surface area (Å²) in [6.07, 6.45) is 0. The van der Waals surface area contributed by atoms with Crippen molar-refractivity contribution in [3.05, 3.63) is 65.0 Å². The summed E-state index contributed by atoms with van der Waals surface area (Å²) in [6.45, 7) is 1.76. The lowest BCUT2D eigenvalue weighted by molar-refractivity contribution is 0.102. The Kier molecular flexibility index (Phi) is 4.32. The van der Waals surface area contributed by atoms with Crippen molar-refractivity contribution >= 4 is 27.5 Å². The van der Waals surface area contributed by atoms with Gasteiger partial charge in [-0.1, -0.05) is 28.1 Å². The van der Waals surface area contributed by atoms with Gasteiger partial charge in [-0.05, 0) is 48.4 Å². The van der Waals surface area contributed by atoms with Gasteiger partial charge in [-0.3, -0.25) is 4.79 Å². The summed E-state index contributed by atoms with van der Waals surface area (Å²) in [5.41, 5.74) is 3.00. The highest BCUT2D eigenvalue weighted by Crippen LogP contribution is 2.17. The van der Waals surface area contributed by atoms with Gasteiger partial charge in [0.25, 0.3) is 5.91 Å². The summed E-state index contributed by atoms with van der Waals surface area (Å²) in [4.78, 5) is 12.0. The first kappa shape index (κ1) is 13.7. The van der Waals surface area contributed by atoms with E-state index in [9.17, 15) is 9.18 Å². The van der Waals surface area contributed by atoms with Crippen LogP contribution < -0.4 is 5.32 Å². The van der Waals surface area contributed by atoms with E-state index in [2.05, 4.69) is 21.2 Å². The molecule has 0 spiro atoms. The number of aryl methyl sites for hydroxylation is 1. The predicted molar refractivity (Wildman–Crippen MR) is 78.2 cm³/mol. The summed E-state index contributed by atoms with van der Waals surface area (Å²) < 4.78 is 13.0. The second-order valence-electron chi connectivity index (χ2n) is 4.24. The Labute approximate surface area is 119 Å². The molecule has 1 N–H and O–H groups in total. The van der Waals surface area contributed by atoms with Crippen LogP contribution in [0.5, 0.6) is 0 Å². The average molecular weight is 322 g/mol. The molecule has 0 aromatic heterocycles. The van der Waals surface area contributed by atoms with Crippen LogP contribution in [0.2, 0.25) is 0 Å². The number of amides is 1. The first-order valence-electron chi connectivity index (χ1n) is 5.82. The fraction of sp³-hybridized carbons (Fsp3) is 0.133. The van der Waals surface area contributed by atoms with E-state index in [0.29, 0.717) is 16.8 Å².